The third kappa shape index (κ3) is 4.51. The number of oxime groups is 2. The molecule has 3 aliphatic rings. The minimum Gasteiger partial charge on any atom is -0.496 e. The number of nitrogens with one attached hydrogen (secondary N) is 1. The van der Waals surface area contributed by atoms with Gasteiger partial charge in [0.05, 0.1) is 18.5 Å². The number of aromatic nitrogens is 1. The smallest absolute Gasteiger partial charge is 0.226 e. The number of methoxy groups -OCH3 is 1. The number of rotatable bonds is 6. The van der Waals surface area contributed by atoms with Crippen LogP contribution >= 0.6 is 11.3 Å². The fraction of sp³-hybridized carbons (Fsp3) is 0.571. The zero-order valence-electron chi connectivity index (χ0n) is 22.0. The fourth-order valence-electron chi connectivity index (χ4n) is 7.52. The summed E-state index contributed by atoms with van der Waals surface area (Å²) < 4.78 is 5.62. The summed E-state index contributed by atoms with van der Waals surface area (Å²) in [5, 5.41) is 30.2. The Labute approximate surface area is 221 Å². The molecule has 2 fully saturated rings. The molecule has 1 amide bonds. The van der Waals surface area contributed by atoms with E-state index < -0.39 is 0 Å². The maximum absolute atomic E-state index is 12.7. The second kappa shape index (κ2) is 10.1. The van der Waals surface area contributed by atoms with Gasteiger partial charge in [0.1, 0.15) is 5.75 Å². The molecule has 5 atom stereocenters. The SMILES string of the molecule is COc1cc2c(cc1/C(C)=N/O)C1CC[C@]3(C)/C(=N/O)C[C@@H](CCC(=O)Nc4ncc(C)s4)C3C1CC2. The van der Waals surface area contributed by atoms with Crippen LogP contribution in [0.3, 0.4) is 0 Å². The molecule has 1 heterocycles. The number of ether oxygens (including phenoxy) is 1. The number of benzene rings is 1. The highest BCUT2D eigenvalue weighted by molar-refractivity contribution is 7.15. The molecule has 2 aromatic rings. The number of thiazole rings is 1. The molecule has 3 unspecified atom stereocenters. The van der Waals surface area contributed by atoms with Gasteiger partial charge < -0.3 is 20.5 Å². The quantitative estimate of drug-likeness (QED) is 0.244. The van der Waals surface area contributed by atoms with E-state index in [0.29, 0.717) is 35.0 Å². The van der Waals surface area contributed by atoms with Crippen LogP contribution in [-0.2, 0) is 11.2 Å². The first-order valence-corrected chi connectivity index (χ1v) is 13.9. The first kappa shape index (κ1) is 25.7. The number of nitrogens with zero attached hydrogens (tertiary/aromatic N) is 3. The minimum atomic E-state index is -0.154. The van der Waals surface area contributed by atoms with Crippen molar-refractivity contribution < 1.29 is 19.9 Å². The Morgan fingerprint density at radius 1 is 1.32 bits per heavy atom. The summed E-state index contributed by atoms with van der Waals surface area (Å²) in [6, 6.07) is 4.28. The van der Waals surface area contributed by atoms with Gasteiger partial charge in [-0.3, -0.25) is 4.79 Å². The molecule has 8 nitrogen and oxygen atoms in total. The van der Waals surface area contributed by atoms with Gasteiger partial charge >= 0.3 is 0 Å². The van der Waals surface area contributed by atoms with Gasteiger partial charge in [0.25, 0.3) is 0 Å². The summed E-state index contributed by atoms with van der Waals surface area (Å²) in [5.41, 5.74) is 4.73. The van der Waals surface area contributed by atoms with E-state index in [1.807, 2.05) is 6.92 Å². The zero-order chi connectivity index (χ0) is 26.3. The van der Waals surface area contributed by atoms with Gasteiger partial charge in [-0.05, 0) is 99.3 Å². The summed E-state index contributed by atoms with van der Waals surface area (Å²) in [6.45, 7) is 6.03. The van der Waals surface area contributed by atoms with Gasteiger partial charge in [-0.1, -0.05) is 17.2 Å². The molecule has 9 heteroatoms. The lowest BCUT2D eigenvalue weighted by Crippen LogP contribution is -2.44. The van der Waals surface area contributed by atoms with Crippen LogP contribution in [0.15, 0.2) is 28.6 Å². The average molecular weight is 525 g/mol. The molecule has 3 aliphatic carbocycles. The largest absolute Gasteiger partial charge is 0.496 e. The Morgan fingerprint density at radius 2 is 2.14 bits per heavy atom. The molecule has 3 N–H and O–H groups in total. The first-order valence-electron chi connectivity index (χ1n) is 13.1. The van der Waals surface area contributed by atoms with Crippen molar-refractivity contribution >= 4 is 33.8 Å². The van der Waals surface area contributed by atoms with Crippen LogP contribution in [0, 0.1) is 30.1 Å². The lowest BCUT2D eigenvalue weighted by Gasteiger charge is -2.50. The Balaban J connectivity index is 1.41. The van der Waals surface area contributed by atoms with E-state index in [-0.39, 0.29) is 17.2 Å². The van der Waals surface area contributed by atoms with Crippen molar-refractivity contribution in [2.45, 2.75) is 71.6 Å². The molecule has 37 heavy (non-hydrogen) atoms. The second-order valence-electron chi connectivity index (χ2n) is 11.1. The number of hydrogen-bond donors (Lipinski definition) is 3. The van der Waals surface area contributed by atoms with Crippen LogP contribution in [-0.4, -0.2) is 39.8 Å². The summed E-state index contributed by atoms with van der Waals surface area (Å²) >= 11 is 1.48. The monoisotopic (exact) mass is 524 g/mol. The third-order valence-electron chi connectivity index (χ3n) is 9.19. The number of carbonyl (C=O) groups is 1. The lowest BCUT2D eigenvalue weighted by atomic mass is 9.53. The summed E-state index contributed by atoms with van der Waals surface area (Å²) in [5.74, 6) is 2.18. The third-order valence-corrected chi connectivity index (χ3v) is 10.0. The summed E-state index contributed by atoms with van der Waals surface area (Å²) in [4.78, 5) is 18.1. The molecule has 198 valence electrons. The van der Waals surface area contributed by atoms with Gasteiger partial charge in [0, 0.05) is 28.5 Å². The van der Waals surface area contributed by atoms with E-state index in [0.717, 1.165) is 60.4 Å². The number of hydrogen-bond acceptors (Lipinski definition) is 8. The number of anilines is 1. The van der Waals surface area contributed by atoms with Gasteiger partial charge in [-0.25, -0.2) is 4.98 Å². The normalized spacial score (nSPS) is 29.9. The number of carbonyl (C=O) groups excluding carboxylic acids is 1. The molecule has 1 aromatic carbocycles. The highest BCUT2D eigenvalue weighted by atomic mass is 32.1. The van der Waals surface area contributed by atoms with Crippen LogP contribution in [0.2, 0.25) is 0 Å². The lowest BCUT2D eigenvalue weighted by molar-refractivity contribution is -0.116. The Kier molecular flexibility index (Phi) is 7.00. The zero-order valence-corrected chi connectivity index (χ0v) is 22.8. The van der Waals surface area contributed by atoms with Crippen molar-refractivity contribution in [3.05, 3.63) is 39.9 Å². The first-order chi connectivity index (χ1) is 17.8. The minimum absolute atomic E-state index is 0.0118. The Hall–Kier alpha value is -2.94. The van der Waals surface area contributed by atoms with Crippen LogP contribution in [0.4, 0.5) is 5.13 Å². The molecule has 0 aliphatic heterocycles. The van der Waals surface area contributed by atoms with E-state index >= 15 is 0 Å². The number of amides is 1. The second-order valence-corrected chi connectivity index (χ2v) is 12.3. The van der Waals surface area contributed by atoms with Gasteiger partial charge in [0.2, 0.25) is 5.91 Å². The maximum Gasteiger partial charge on any atom is 0.226 e. The average Bonchev–Trinajstić information content (AvgIpc) is 3.44. The molecule has 0 bridgehead atoms. The summed E-state index contributed by atoms with van der Waals surface area (Å²) in [6.07, 6.45) is 7.68. The van der Waals surface area contributed by atoms with E-state index in [2.05, 4.69) is 39.7 Å². The van der Waals surface area contributed by atoms with E-state index in [1.165, 1.54) is 22.5 Å². The van der Waals surface area contributed by atoms with Crippen LogP contribution < -0.4 is 10.1 Å². The number of fused-ring (bicyclic) bond motifs is 5. The number of aryl methyl sites for hydroxylation is 2. The van der Waals surface area contributed by atoms with Crippen LogP contribution in [0.25, 0.3) is 0 Å². The molecule has 0 spiro atoms. The van der Waals surface area contributed by atoms with Crippen LogP contribution in [0.5, 0.6) is 5.75 Å². The Morgan fingerprint density at radius 3 is 2.81 bits per heavy atom. The molecule has 0 saturated heterocycles. The van der Waals surface area contributed by atoms with Crippen molar-refractivity contribution in [3.8, 4) is 5.75 Å². The highest BCUT2D eigenvalue weighted by Crippen LogP contribution is 2.62. The topological polar surface area (TPSA) is 116 Å². The molecule has 5 rings (SSSR count). The fourth-order valence-corrected chi connectivity index (χ4v) is 8.20. The predicted octanol–water partition coefficient (Wildman–Crippen LogP) is 5.99. The van der Waals surface area contributed by atoms with Crippen molar-refractivity contribution in [3.63, 3.8) is 0 Å². The molecular formula is C28H36N4O4S. The summed E-state index contributed by atoms with van der Waals surface area (Å²) in [7, 11) is 1.65. The van der Waals surface area contributed by atoms with Gasteiger partial charge in [-0.2, -0.15) is 0 Å². The van der Waals surface area contributed by atoms with Gasteiger partial charge in [-0.15, -0.1) is 11.3 Å². The molecule has 0 radical (unpaired) electrons. The van der Waals surface area contributed by atoms with Crippen molar-refractivity contribution in [1.82, 2.24) is 4.98 Å². The van der Waals surface area contributed by atoms with Crippen molar-refractivity contribution in [2.24, 2.45) is 33.5 Å². The van der Waals surface area contributed by atoms with Gasteiger partial charge in [0.15, 0.2) is 5.13 Å². The predicted molar refractivity (Wildman–Crippen MR) is 144 cm³/mol. The van der Waals surface area contributed by atoms with E-state index in [1.54, 1.807) is 20.2 Å². The highest BCUT2D eigenvalue weighted by Gasteiger charge is 2.57. The van der Waals surface area contributed by atoms with Crippen molar-refractivity contribution in [2.75, 3.05) is 12.4 Å². The molecule has 2 saturated carbocycles. The standard InChI is InChI=1S/C28H36N4O4S/c1-15-14-29-27(37-15)30-25(33)8-6-18-12-24(32-35)28(3)10-9-19-20(26(18)28)7-5-17-11-23(36-4)21(13-22(17)19)16(2)31-34/h11,13-14,18-20,26,34-35H,5-10,12H2,1-4H3,(H,29,30,33)/b31-16+,32-24+/t18-,19?,20?,26?,28-/m1/s1. The maximum atomic E-state index is 12.7. The van der Waals surface area contributed by atoms with E-state index in [4.69, 9.17) is 4.74 Å². The van der Waals surface area contributed by atoms with Crippen molar-refractivity contribution in [1.29, 1.82) is 0 Å². The molecular weight excluding hydrogens is 488 g/mol. The Bertz CT molecular complexity index is 1250. The molecule has 1 aromatic heterocycles. The van der Waals surface area contributed by atoms with E-state index in [9.17, 15) is 15.2 Å². The van der Waals surface area contributed by atoms with Crippen LogP contribution in [0.1, 0.15) is 79.9 Å².